The quantitative estimate of drug-likeness (QED) is 0.135. The molecule has 7 unspecified atom stereocenters. The van der Waals surface area contributed by atoms with Crippen molar-refractivity contribution in [2.24, 2.45) is 17.8 Å². The van der Waals surface area contributed by atoms with Gasteiger partial charge < -0.3 is 40.3 Å². The van der Waals surface area contributed by atoms with Crippen molar-refractivity contribution < 1.29 is 42.9 Å². The molecule has 0 aromatic heterocycles. The van der Waals surface area contributed by atoms with Gasteiger partial charge >= 0.3 is 5.97 Å². The number of benzene rings is 1. The summed E-state index contributed by atoms with van der Waals surface area (Å²) < 4.78 is 24.1. The van der Waals surface area contributed by atoms with Gasteiger partial charge in [0.2, 0.25) is 24.6 Å². The summed E-state index contributed by atoms with van der Waals surface area (Å²) >= 11 is 0. The van der Waals surface area contributed by atoms with Gasteiger partial charge in [0.05, 0.1) is 36.9 Å². The molecule has 1 aliphatic rings. The van der Waals surface area contributed by atoms with Crippen molar-refractivity contribution in [2.75, 3.05) is 41.4 Å². The maximum absolute atomic E-state index is 13.1. The maximum Gasteiger partial charge on any atom is 0.326 e. The number of likely N-dealkylation sites (N-methyl/N-ethyl adjacent to an activating group) is 2. The number of carbonyl (C=O) groups excluding carboxylic acids is 4. The highest BCUT2D eigenvalue weighted by atomic mass is 19.1. The first-order chi connectivity index (χ1) is 26.0. The van der Waals surface area contributed by atoms with Crippen LogP contribution in [0.1, 0.15) is 100.0 Å². The van der Waals surface area contributed by atoms with Crippen molar-refractivity contribution in [1.29, 1.82) is 0 Å². The SMILES string of the molecule is CCC.CCC(C)C(C(CC)OC)N(C)C(=O)CNC(=O)C(NC)C(C)C.COC(C(C)C)C1CCCN1C=O.O=CNC(Cc1ccccc1F)C(=O)O. The molecule has 7 atom stereocenters. The van der Waals surface area contributed by atoms with Crippen molar-refractivity contribution in [3.05, 3.63) is 35.6 Å². The summed E-state index contributed by atoms with van der Waals surface area (Å²) in [5, 5.41) is 16.6. The first-order valence-corrected chi connectivity index (χ1v) is 19.6. The Morgan fingerprint density at radius 3 is 2.02 bits per heavy atom. The molecule has 1 saturated heterocycles. The van der Waals surface area contributed by atoms with E-state index in [4.69, 9.17) is 14.6 Å². The van der Waals surface area contributed by atoms with Gasteiger partial charge in [-0.05, 0) is 55.7 Å². The number of hydrogen-bond acceptors (Lipinski definition) is 8. The summed E-state index contributed by atoms with van der Waals surface area (Å²) in [5.74, 6) is -0.956. The monoisotopic (exact) mass is 784 g/mol. The summed E-state index contributed by atoms with van der Waals surface area (Å²) in [5.41, 5.74) is 0.263. The van der Waals surface area contributed by atoms with Crippen molar-refractivity contribution >= 4 is 30.6 Å². The van der Waals surface area contributed by atoms with E-state index in [0.29, 0.717) is 24.3 Å². The van der Waals surface area contributed by atoms with Crippen LogP contribution in [0, 0.1) is 23.6 Å². The molecule has 0 spiro atoms. The molecular weight excluding hydrogens is 709 g/mol. The number of hydrogen-bond donors (Lipinski definition) is 4. The number of ether oxygens (including phenoxy) is 2. The highest BCUT2D eigenvalue weighted by molar-refractivity contribution is 5.87. The van der Waals surface area contributed by atoms with Gasteiger partial charge in [0.25, 0.3) is 0 Å². The molecule has 1 heterocycles. The Bertz CT molecular complexity index is 1220. The Hall–Kier alpha value is -3.62. The normalized spacial score (nSPS) is 16.7. The van der Waals surface area contributed by atoms with E-state index in [0.717, 1.165) is 38.6 Å². The molecular formula is C41H74FN5O8. The number of halogens is 1. The van der Waals surface area contributed by atoms with Crippen LogP contribution < -0.4 is 16.0 Å². The van der Waals surface area contributed by atoms with E-state index in [9.17, 15) is 28.4 Å². The van der Waals surface area contributed by atoms with Gasteiger partial charge in [0, 0.05) is 34.2 Å². The van der Waals surface area contributed by atoms with Gasteiger partial charge in [-0.3, -0.25) is 19.2 Å². The fourth-order valence-corrected chi connectivity index (χ4v) is 6.47. The smallest absolute Gasteiger partial charge is 0.326 e. The number of carboxylic acids is 1. The van der Waals surface area contributed by atoms with Crippen LogP contribution in [0.2, 0.25) is 0 Å². The average Bonchev–Trinajstić information content (AvgIpc) is 3.62. The number of aliphatic carboxylic acids is 1. The fourth-order valence-electron chi connectivity index (χ4n) is 6.47. The Morgan fingerprint density at radius 2 is 1.60 bits per heavy atom. The molecule has 13 nitrogen and oxygen atoms in total. The number of carbonyl (C=O) groups is 5. The minimum Gasteiger partial charge on any atom is -0.480 e. The summed E-state index contributed by atoms with van der Waals surface area (Å²) in [6, 6.07) is 4.75. The van der Waals surface area contributed by atoms with Crippen LogP contribution in [0.5, 0.6) is 0 Å². The maximum atomic E-state index is 13.1. The van der Waals surface area contributed by atoms with E-state index in [-0.39, 0.29) is 60.6 Å². The summed E-state index contributed by atoms with van der Waals surface area (Å²) in [6.45, 7) is 19.7. The molecule has 2 rings (SSSR count). The third-order valence-corrected chi connectivity index (χ3v) is 9.56. The Labute approximate surface area is 330 Å². The van der Waals surface area contributed by atoms with E-state index < -0.39 is 17.8 Å². The highest BCUT2D eigenvalue weighted by Crippen LogP contribution is 2.24. The predicted octanol–water partition coefficient (Wildman–Crippen LogP) is 4.91. The van der Waals surface area contributed by atoms with Crippen LogP contribution in [-0.4, -0.2) is 123 Å². The number of methoxy groups -OCH3 is 2. The molecule has 1 aliphatic heterocycles. The first-order valence-electron chi connectivity index (χ1n) is 19.6. The van der Waals surface area contributed by atoms with E-state index >= 15 is 0 Å². The number of carboxylic acid groups (broad SMARTS) is 1. The molecule has 4 N–H and O–H groups in total. The molecule has 0 bridgehead atoms. The van der Waals surface area contributed by atoms with Crippen LogP contribution in [0.25, 0.3) is 0 Å². The number of amides is 4. The largest absolute Gasteiger partial charge is 0.480 e. The first kappa shape index (κ1) is 53.5. The second kappa shape index (κ2) is 30.6. The van der Waals surface area contributed by atoms with Crippen LogP contribution in [0.3, 0.4) is 0 Å². The van der Waals surface area contributed by atoms with Gasteiger partial charge in [0.15, 0.2) is 0 Å². The molecule has 1 fully saturated rings. The van der Waals surface area contributed by atoms with Crippen LogP contribution in [-0.2, 0) is 39.9 Å². The molecule has 0 aliphatic carbocycles. The summed E-state index contributed by atoms with van der Waals surface area (Å²) in [4.78, 5) is 59.9. The van der Waals surface area contributed by atoms with Crippen LogP contribution >= 0.6 is 0 Å². The lowest BCUT2D eigenvalue weighted by atomic mass is 9.91. The van der Waals surface area contributed by atoms with Crippen LogP contribution in [0.15, 0.2) is 24.3 Å². The van der Waals surface area contributed by atoms with Gasteiger partial charge in [-0.2, -0.15) is 0 Å². The van der Waals surface area contributed by atoms with Crippen molar-refractivity contribution in [1.82, 2.24) is 25.8 Å². The molecule has 1 aromatic rings. The zero-order chi connectivity index (χ0) is 42.7. The number of likely N-dealkylation sites (tertiary alicyclic amines) is 1. The minimum atomic E-state index is -1.19. The van der Waals surface area contributed by atoms with Gasteiger partial charge in [-0.1, -0.05) is 93.4 Å². The fraction of sp³-hybridized carbons (Fsp3) is 0.732. The van der Waals surface area contributed by atoms with Crippen LogP contribution in [0.4, 0.5) is 4.39 Å². The standard InChI is InChI=1S/C18H37N3O3.C10H10FNO3.C10H19NO2.C3H8/c1-9-13(5)17(14(10-2)24-8)21(7)15(22)11-20-18(23)16(19-6)12(3)4;11-8-4-2-1-3-7(8)5-9(10(14)15)12-6-13;1-8(2)10(13-3)9-5-4-6-11(9)7-12;1-3-2/h12-14,16-17,19H,9-11H2,1-8H3,(H,20,23);1-4,6,9H,5H2,(H,12,13)(H,14,15);7-10H,4-6H2,1-3H3;3H2,1-2H3. The zero-order valence-electron chi connectivity index (χ0n) is 35.9. The second-order valence-electron chi connectivity index (χ2n) is 14.5. The molecule has 0 radical (unpaired) electrons. The minimum absolute atomic E-state index is 0.000372. The molecule has 55 heavy (non-hydrogen) atoms. The zero-order valence-corrected chi connectivity index (χ0v) is 35.9. The second-order valence-corrected chi connectivity index (χ2v) is 14.5. The molecule has 1 aromatic carbocycles. The molecule has 14 heteroatoms. The van der Waals surface area contributed by atoms with Gasteiger partial charge in [-0.25, -0.2) is 9.18 Å². The summed E-state index contributed by atoms with van der Waals surface area (Å²) in [6.07, 6.45) is 6.59. The molecule has 0 saturated carbocycles. The third-order valence-electron chi connectivity index (χ3n) is 9.56. The van der Waals surface area contributed by atoms with Crippen molar-refractivity contribution in [3.8, 4) is 0 Å². The predicted molar refractivity (Wildman–Crippen MR) is 216 cm³/mol. The lowest BCUT2D eigenvalue weighted by Gasteiger charge is -2.37. The lowest BCUT2D eigenvalue weighted by molar-refractivity contribution is -0.140. The van der Waals surface area contributed by atoms with E-state index in [1.165, 1.54) is 24.6 Å². The summed E-state index contributed by atoms with van der Waals surface area (Å²) in [7, 11) is 6.96. The Balaban J connectivity index is 0. The number of nitrogens with zero attached hydrogens (tertiary/aromatic N) is 2. The topological polar surface area (TPSA) is 167 Å². The molecule has 4 amide bonds. The van der Waals surface area contributed by atoms with E-state index in [2.05, 4.69) is 64.4 Å². The van der Waals surface area contributed by atoms with Gasteiger partial charge in [-0.15, -0.1) is 0 Å². The van der Waals surface area contributed by atoms with E-state index in [1.54, 1.807) is 39.3 Å². The number of nitrogens with one attached hydrogen (secondary N) is 3. The number of rotatable bonds is 20. The van der Waals surface area contributed by atoms with Gasteiger partial charge in [0.1, 0.15) is 11.9 Å². The van der Waals surface area contributed by atoms with E-state index in [1.807, 2.05) is 18.7 Å². The Morgan fingerprint density at radius 1 is 1.00 bits per heavy atom. The third kappa shape index (κ3) is 19.7. The Kier molecular flexibility index (Phi) is 29.7. The highest BCUT2D eigenvalue weighted by Gasteiger charge is 2.33. The molecule has 318 valence electrons. The lowest BCUT2D eigenvalue weighted by Crippen LogP contribution is -2.53. The van der Waals surface area contributed by atoms with Crippen molar-refractivity contribution in [2.45, 2.75) is 137 Å². The van der Waals surface area contributed by atoms with Crippen molar-refractivity contribution in [3.63, 3.8) is 0 Å². The average molecular weight is 784 g/mol.